The Balaban J connectivity index is 2.51. The zero-order valence-corrected chi connectivity index (χ0v) is 17.4. The van der Waals surface area contributed by atoms with E-state index in [0.29, 0.717) is 0 Å². The Morgan fingerprint density at radius 1 is 0.722 bits per heavy atom. The minimum atomic E-state index is -2.49. The van der Waals surface area contributed by atoms with E-state index in [-0.39, 0.29) is 0 Å². The van der Waals surface area contributed by atoms with Gasteiger partial charge in [0.1, 0.15) is 0 Å². The molecule has 2 rings (SSSR count). The van der Waals surface area contributed by atoms with Crippen molar-refractivity contribution in [3.8, 4) is 0 Å². The van der Waals surface area contributed by atoms with Crippen LogP contribution in [0.2, 0.25) is 0 Å². The maximum absolute atomic E-state index is 6.31. The summed E-state index contributed by atoms with van der Waals surface area (Å²) in [6.45, 7) is 0. The first-order valence-corrected chi connectivity index (χ1v) is 14.9. The number of hydrogen-bond donors (Lipinski definition) is 0. The maximum atomic E-state index is 6.31. The SMILES string of the molecule is [Cl][Zr]([Cl])=[C](c1ccc(I)cc1)c1ccc(I)cc1. The summed E-state index contributed by atoms with van der Waals surface area (Å²) in [5, 5.41) is 0. The molecule has 0 unspecified atom stereocenters. The fourth-order valence-corrected chi connectivity index (χ4v) is 6.81. The molecule has 0 atom stereocenters. The van der Waals surface area contributed by atoms with Crippen LogP contribution in [0.15, 0.2) is 48.5 Å². The molecule has 0 nitrogen and oxygen atoms in total. The molecular formula is C13H8Cl2I2Zr. The molecule has 0 heterocycles. The average molecular weight is 580 g/mol. The Labute approximate surface area is 149 Å². The first-order valence-electron chi connectivity index (χ1n) is 5.15. The molecule has 92 valence electrons. The molecule has 0 radical (unpaired) electrons. The van der Waals surface area contributed by atoms with Gasteiger partial charge >= 0.3 is 151 Å². The molecule has 0 aliphatic heterocycles. The van der Waals surface area contributed by atoms with E-state index >= 15 is 0 Å². The number of halogens is 4. The van der Waals surface area contributed by atoms with Gasteiger partial charge in [0.05, 0.1) is 0 Å². The molecule has 0 fully saturated rings. The van der Waals surface area contributed by atoms with Gasteiger partial charge < -0.3 is 0 Å². The van der Waals surface area contributed by atoms with Crippen LogP contribution in [0, 0.1) is 7.14 Å². The van der Waals surface area contributed by atoms with Gasteiger partial charge in [-0.25, -0.2) is 0 Å². The molecular weight excluding hydrogens is 572 g/mol. The van der Waals surface area contributed by atoms with Gasteiger partial charge in [-0.3, -0.25) is 0 Å². The zero-order valence-electron chi connectivity index (χ0n) is 9.13. The van der Waals surface area contributed by atoms with Crippen LogP contribution in [0.5, 0.6) is 0 Å². The molecule has 0 N–H and O–H groups in total. The van der Waals surface area contributed by atoms with E-state index in [1.54, 1.807) is 0 Å². The van der Waals surface area contributed by atoms with Gasteiger partial charge in [0.15, 0.2) is 0 Å². The van der Waals surface area contributed by atoms with Crippen LogP contribution < -0.4 is 0 Å². The van der Waals surface area contributed by atoms with Crippen molar-refractivity contribution in [2.24, 2.45) is 0 Å². The molecule has 2 aromatic rings. The van der Waals surface area contributed by atoms with Crippen molar-refractivity contribution in [1.82, 2.24) is 0 Å². The molecule has 5 heteroatoms. The van der Waals surface area contributed by atoms with Crippen LogP contribution in [0.3, 0.4) is 0 Å². The molecule has 0 aliphatic rings. The van der Waals surface area contributed by atoms with E-state index in [0.717, 1.165) is 14.3 Å². The summed E-state index contributed by atoms with van der Waals surface area (Å²) in [7, 11) is 12.6. The topological polar surface area (TPSA) is 0 Å². The van der Waals surface area contributed by atoms with E-state index in [4.69, 9.17) is 17.0 Å². The van der Waals surface area contributed by atoms with Crippen molar-refractivity contribution in [3.63, 3.8) is 0 Å². The number of benzene rings is 2. The molecule has 0 aromatic heterocycles. The Bertz CT molecular complexity index is 525. The Kier molecular flexibility index (Phi) is 6.34. The summed E-state index contributed by atoms with van der Waals surface area (Å²) in [4.78, 5) is 0. The Morgan fingerprint density at radius 2 is 1.06 bits per heavy atom. The van der Waals surface area contributed by atoms with Crippen molar-refractivity contribution in [1.29, 1.82) is 0 Å². The normalized spacial score (nSPS) is 10.2. The predicted molar refractivity (Wildman–Crippen MR) is 93.2 cm³/mol. The minimum absolute atomic E-state index is 1.15. The van der Waals surface area contributed by atoms with Crippen LogP contribution in [-0.4, -0.2) is 3.21 Å². The van der Waals surface area contributed by atoms with Gasteiger partial charge in [-0.15, -0.1) is 0 Å². The van der Waals surface area contributed by atoms with Crippen molar-refractivity contribution >= 4 is 65.4 Å². The van der Waals surface area contributed by atoms with Crippen molar-refractivity contribution in [2.45, 2.75) is 0 Å². The van der Waals surface area contributed by atoms with E-state index in [9.17, 15) is 0 Å². The number of hydrogen-bond acceptors (Lipinski definition) is 0. The summed E-state index contributed by atoms with van der Waals surface area (Å²) in [5.41, 5.74) is 2.30. The quantitative estimate of drug-likeness (QED) is 0.419. The second-order valence-corrected chi connectivity index (χ2v) is 14.3. The average Bonchev–Trinajstić information content (AvgIpc) is 2.34. The summed E-state index contributed by atoms with van der Waals surface area (Å²) in [6, 6.07) is 16.7. The summed E-state index contributed by atoms with van der Waals surface area (Å²) < 4.78 is 3.58. The second kappa shape index (κ2) is 7.30. The Hall–Kier alpha value is 1.23. The molecule has 0 spiro atoms. The molecule has 0 aliphatic carbocycles. The monoisotopic (exact) mass is 578 g/mol. The molecule has 2 aromatic carbocycles. The van der Waals surface area contributed by atoms with Crippen molar-refractivity contribution < 1.29 is 18.9 Å². The summed E-state index contributed by atoms with van der Waals surface area (Å²) in [5.74, 6) is 0. The third kappa shape index (κ3) is 4.11. The van der Waals surface area contributed by atoms with Gasteiger partial charge in [0, 0.05) is 0 Å². The Morgan fingerprint density at radius 3 is 1.33 bits per heavy atom. The van der Waals surface area contributed by atoms with Crippen LogP contribution in [0.4, 0.5) is 0 Å². The fraction of sp³-hybridized carbons (Fsp3) is 0. The predicted octanol–water partition coefficient (Wildman–Crippen LogP) is 5.39. The van der Waals surface area contributed by atoms with E-state index in [1.165, 1.54) is 7.14 Å². The van der Waals surface area contributed by atoms with Crippen LogP contribution in [0.25, 0.3) is 0 Å². The van der Waals surface area contributed by atoms with Gasteiger partial charge in [0.2, 0.25) is 0 Å². The van der Waals surface area contributed by atoms with Crippen LogP contribution in [0.1, 0.15) is 11.1 Å². The standard InChI is InChI=1S/C13H8I2.2ClH.Zr/c14-12-5-1-10(2-6-12)9-11-3-7-13(15)8-4-11;;;/h1-8H;2*1H;/q;;;+2/p-2. The van der Waals surface area contributed by atoms with Gasteiger partial charge in [-0.1, -0.05) is 0 Å². The molecule has 0 amide bonds. The van der Waals surface area contributed by atoms with Gasteiger partial charge in [-0.05, 0) is 0 Å². The zero-order chi connectivity index (χ0) is 13.1. The van der Waals surface area contributed by atoms with Crippen molar-refractivity contribution in [2.75, 3.05) is 0 Å². The van der Waals surface area contributed by atoms with E-state index in [2.05, 4.69) is 93.7 Å². The molecule has 18 heavy (non-hydrogen) atoms. The van der Waals surface area contributed by atoms with E-state index in [1.807, 2.05) is 0 Å². The molecule has 0 bridgehead atoms. The van der Waals surface area contributed by atoms with Crippen molar-refractivity contribution in [3.05, 3.63) is 66.8 Å². The third-order valence-electron chi connectivity index (χ3n) is 2.45. The van der Waals surface area contributed by atoms with Gasteiger partial charge in [0.25, 0.3) is 0 Å². The van der Waals surface area contributed by atoms with Crippen LogP contribution in [-0.2, 0) is 18.9 Å². The first-order chi connectivity index (χ1) is 8.58. The third-order valence-corrected chi connectivity index (χ3v) is 8.48. The fourth-order valence-electron chi connectivity index (χ4n) is 1.62. The molecule has 0 saturated heterocycles. The van der Waals surface area contributed by atoms with Crippen LogP contribution >= 0.6 is 62.2 Å². The molecule has 0 saturated carbocycles. The first kappa shape index (κ1) is 15.6. The summed E-state index contributed by atoms with van der Waals surface area (Å²) in [6.07, 6.45) is 0. The summed E-state index contributed by atoms with van der Waals surface area (Å²) >= 11 is 2.11. The van der Waals surface area contributed by atoms with Gasteiger partial charge in [-0.2, -0.15) is 0 Å². The number of rotatable bonds is 2. The van der Waals surface area contributed by atoms with E-state index < -0.39 is 18.9 Å². The second-order valence-electron chi connectivity index (χ2n) is 3.65.